The van der Waals surface area contributed by atoms with Gasteiger partial charge in [-0.1, -0.05) is 0 Å². The fourth-order valence-corrected chi connectivity index (χ4v) is 2.36. The maximum absolute atomic E-state index is 4.18. The van der Waals surface area contributed by atoms with Crippen molar-refractivity contribution in [2.24, 2.45) is 0 Å². The van der Waals surface area contributed by atoms with Crippen LogP contribution in [0.3, 0.4) is 0 Å². The first-order chi connectivity index (χ1) is 7.74. The van der Waals surface area contributed by atoms with Gasteiger partial charge in [0.2, 0.25) is 0 Å². The van der Waals surface area contributed by atoms with E-state index in [0.717, 1.165) is 24.5 Å². The molecule has 16 heavy (non-hydrogen) atoms. The third-order valence-electron chi connectivity index (χ3n) is 2.52. The van der Waals surface area contributed by atoms with Crippen LogP contribution in [0.4, 0.5) is 0 Å². The molecule has 0 saturated heterocycles. The van der Waals surface area contributed by atoms with Crippen molar-refractivity contribution in [2.45, 2.75) is 32.9 Å². The first-order valence-electron chi connectivity index (χ1n) is 5.49. The molecule has 1 unspecified atom stereocenters. The lowest BCUT2D eigenvalue weighted by Crippen LogP contribution is -2.27. The Hall–Kier alpha value is -1.13. The maximum Gasteiger partial charge on any atom is 0.103 e. The second-order valence-electron chi connectivity index (χ2n) is 4.11. The van der Waals surface area contributed by atoms with Gasteiger partial charge in [0.1, 0.15) is 5.82 Å². The molecule has 0 radical (unpaired) electrons. The van der Waals surface area contributed by atoms with E-state index in [-0.39, 0.29) is 0 Å². The highest BCUT2D eigenvalue weighted by Crippen LogP contribution is 2.08. The van der Waals surface area contributed by atoms with Crippen molar-refractivity contribution >= 4 is 11.3 Å². The molecule has 2 aromatic rings. The van der Waals surface area contributed by atoms with Crippen LogP contribution in [0.5, 0.6) is 0 Å². The molecule has 0 aliphatic heterocycles. The average Bonchev–Trinajstić information content (AvgIpc) is 2.87. The number of imidazole rings is 1. The predicted octanol–water partition coefficient (Wildman–Crippen LogP) is 2.50. The molecule has 0 fully saturated rings. The van der Waals surface area contributed by atoms with Crippen LogP contribution in [0.15, 0.2) is 23.0 Å². The highest BCUT2D eigenvalue weighted by atomic mass is 32.1. The second-order valence-corrected chi connectivity index (χ2v) is 4.89. The van der Waals surface area contributed by atoms with E-state index >= 15 is 0 Å². The van der Waals surface area contributed by atoms with Gasteiger partial charge in [-0.25, -0.2) is 4.98 Å². The van der Waals surface area contributed by atoms with Gasteiger partial charge < -0.3 is 10.3 Å². The summed E-state index contributed by atoms with van der Waals surface area (Å²) >= 11 is 1.76. The van der Waals surface area contributed by atoms with Crippen molar-refractivity contribution in [1.29, 1.82) is 0 Å². The molecule has 2 N–H and O–H groups in total. The van der Waals surface area contributed by atoms with Gasteiger partial charge in [-0.2, -0.15) is 11.3 Å². The van der Waals surface area contributed by atoms with E-state index < -0.39 is 0 Å². The Bertz CT molecular complexity index is 419. The first kappa shape index (κ1) is 11.4. The number of thiophene rings is 1. The van der Waals surface area contributed by atoms with Gasteiger partial charge in [-0.05, 0) is 42.7 Å². The van der Waals surface area contributed by atoms with E-state index in [1.54, 1.807) is 11.3 Å². The molecule has 3 nitrogen and oxygen atoms in total. The Labute approximate surface area is 99.9 Å². The SMILES string of the molecule is Cc1ncc(CNC(C)Cc2ccsc2)[nH]1. The largest absolute Gasteiger partial charge is 0.345 e. The van der Waals surface area contributed by atoms with Gasteiger partial charge in [0.05, 0.1) is 0 Å². The number of nitrogens with zero attached hydrogens (tertiary/aromatic N) is 1. The van der Waals surface area contributed by atoms with Gasteiger partial charge in [0.25, 0.3) is 0 Å². The number of aryl methyl sites for hydroxylation is 1. The number of rotatable bonds is 5. The lowest BCUT2D eigenvalue weighted by molar-refractivity contribution is 0.541. The van der Waals surface area contributed by atoms with Gasteiger partial charge in [0, 0.05) is 24.5 Å². The maximum atomic E-state index is 4.18. The lowest BCUT2D eigenvalue weighted by atomic mass is 10.1. The summed E-state index contributed by atoms with van der Waals surface area (Å²) in [7, 11) is 0. The van der Waals surface area contributed by atoms with Gasteiger partial charge in [-0.15, -0.1) is 0 Å². The summed E-state index contributed by atoms with van der Waals surface area (Å²) in [5, 5.41) is 7.82. The number of hydrogen-bond acceptors (Lipinski definition) is 3. The summed E-state index contributed by atoms with van der Waals surface area (Å²) < 4.78 is 0. The van der Waals surface area contributed by atoms with Crippen LogP contribution in [0, 0.1) is 6.92 Å². The molecule has 4 heteroatoms. The number of aromatic amines is 1. The summed E-state index contributed by atoms with van der Waals surface area (Å²) in [6, 6.07) is 2.67. The predicted molar refractivity (Wildman–Crippen MR) is 67.6 cm³/mol. The van der Waals surface area contributed by atoms with Gasteiger partial charge in [-0.3, -0.25) is 0 Å². The normalized spacial score (nSPS) is 12.9. The van der Waals surface area contributed by atoms with Crippen LogP contribution in [0.2, 0.25) is 0 Å². The van der Waals surface area contributed by atoms with E-state index in [4.69, 9.17) is 0 Å². The van der Waals surface area contributed by atoms with Crippen LogP contribution in [-0.4, -0.2) is 16.0 Å². The molecule has 0 amide bonds. The van der Waals surface area contributed by atoms with Gasteiger partial charge in [0.15, 0.2) is 0 Å². The Balaban J connectivity index is 1.77. The molecule has 86 valence electrons. The number of H-pyrrole nitrogens is 1. The third kappa shape index (κ3) is 3.18. The first-order valence-corrected chi connectivity index (χ1v) is 6.43. The highest BCUT2D eigenvalue weighted by Gasteiger charge is 2.04. The summed E-state index contributed by atoms with van der Waals surface area (Å²) in [6.45, 7) is 5.03. The fraction of sp³-hybridized carbons (Fsp3) is 0.417. The van der Waals surface area contributed by atoms with Crippen molar-refractivity contribution in [3.8, 4) is 0 Å². The smallest absolute Gasteiger partial charge is 0.103 e. The molecule has 1 atom stereocenters. The zero-order chi connectivity index (χ0) is 11.4. The van der Waals surface area contributed by atoms with Crippen LogP contribution >= 0.6 is 11.3 Å². The molecule has 0 aliphatic carbocycles. The number of nitrogens with one attached hydrogen (secondary N) is 2. The number of aromatic nitrogens is 2. The van der Waals surface area contributed by atoms with Crippen molar-refractivity contribution in [1.82, 2.24) is 15.3 Å². The summed E-state index contributed by atoms with van der Waals surface area (Å²) in [5.74, 6) is 0.974. The molecule has 0 aliphatic rings. The summed E-state index contributed by atoms with van der Waals surface area (Å²) in [4.78, 5) is 7.40. The lowest BCUT2D eigenvalue weighted by Gasteiger charge is -2.11. The highest BCUT2D eigenvalue weighted by molar-refractivity contribution is 7.07. The molecule has 2 heterocycles. The van der Waals surface area contributed by atoms with E-state index in [9.17, 15) is 0 Å². The standard InChI is InChI=1S/C12H17N3S/c1-9(5-11-3-4-16-8-11)13-6-12-7-14-10(2)15-12/h3-4,7-9,13H,5-6H2,1-2H3,(H,14,15). The summed E-state index contributed by atoms with van der Waals surface area (Å²) in [5.41, 5.74) is 2.56. The van der Waals surface area contributed by atoms with E-state index in [1.165, 1.54) is 5.56 Å². The molecule has 0 spiro atoms. The Kier molecular flexibility index (Phi) is 3.74. The zero-order valence-electron chi connectivity index (χ0n) is 9.66. The van der Waals surface area contributed by atoms with E-state index in [0.29, 0.717) is 6.04 Å². The molecule has 2 aromatic heterocycles. The fourth-order valence-electron chi connectivity index (χ4n) is 1.68. The molecular weight excluding hydrogens is 218 g/mol. The van der Waals surface area contributed by atoms with Crippen LogP contribution < -0.4 is 5.32 Å². The third-order valence-corrected chi connectivity index (χ3v) is 3.25. The van der Waals surface area contributed by atoms with E-state index in [2.05, 4.69) is 39.0 Å². The second kappa shape index (κ2) is 5.27. The molecule has 0 bridgehead atoms. The average molecular weight is 235 g/mol. The molecule has 2 rings (SSSR count). The van der Waals surface area contributed by atoms with Crippen LogP contribution in [0.25, 0.3) is 0 Å². The Morgan fingerprint density at radius 1 is 1.56 bits per heavy atom. The molecule has 0 saturated carbocycles. The van der Waals surface area contributed by atoms with Crippen molar-refractivity contribution in [3.05, 3.63) is 40.1 Å². The number of hydrogen-bond donors (Lipinski definition) is 2. The quantitative estimate of drug-likeness (QED) is 0.836. The zero-order valence-corrected chi connectivity index (χ0v) is 10.5. The minimum absolute atomic E-state index is 0.484. The minimum atomic E-state index is 0.484. The molecular formula is C12H17N3S. The van der Waals surface area contributed by atoms with Gasteiger partial charge >= 0.3 is 0 Å². The van der Waals surface area contributed by atoms with Crippen molar-refractivity contribution in [2.75, 3.05) is 0 Å². The Morgan fingerprint density at radius 2 is 2.44 bits per heavy atom. The van der Waals surface area contributed by atoms with Crippen LogP contribution in [0.1, 0.15) is 24.0 Å². The Morgan fingerprint density at radius 3 is 3.06 bits per heavy atom. The van der Waals surface area contributed by atoms with Crippen molar-refractivity contribution in [3.63, 3.8) is 0 Å². The van der Waals surface area contributed by atoms with E-state index in [1.807, 2.05) is 13.1 Å². The monoisotopic (exact) mass is 235 g/mol. The topological polar surface area (TPSA) is 40.7 Å². The minimum Gasteiger partial charge on any atom is -0.345 e. The molecule has 0 aromatic carbocycles. The van der Waals surface area contributed by atoms with Crippen molar-refractivity contribution < 1.29 is 0 Å². The van der Waals surface area contributed by atoms with Crippen LogP contribution in [-0.2, 0) is 13.0 Å². The summed E-state index contributed by atoms with van der Waals surface area (Å²) in [6.07, 6.45) is 2.97.